The molecule has 0 aliphatic carbocycles. The van der Waals surface area contributed by atoms with Gasteiger partial charge in [-0.2, -0.15) is 18.4 Å². The Bertz CT molecular complexity index is 2320. The third kappa shape index (κ3) is 11.6. The van der Waals surface area contributed by atoms with E-state index in [0.29, 0.717) is 11.5 Å². The Kier molecular flexibility index (Phi) is 17.3. The molecule has 0 spiro atoms. The van der Waals surface area contributed by atoms with Crippen LogP contribution in [0.25, 0.3) is 0 Å². The van der Waals surface area contributed by atoms with Gasteiger partial charge in [-0.15, -0.1) is 0 Å². The minimum absolute atomic E-state index is 0.0465. The average Bonchev–Trinajstić information content (AvgIpc) is 3.62. The van der Waals surface area contributed by atoms with Crippen molar-refractivity contribution in [3.8, 4) is 29.4 Å². The van der Waals surface area contributed by atoms with Crippen molar-refractivity contribution in [2.75, 3.05) is 41.1 Å². The van der Waals surface area contributed by atoms with Gasteiger partial charge in [0.1, 0.15) is 41.0 Å². The summed E-state index contributed by atoms with van der Waals surface area (Å²) >= 11 is 0. The molecule has 5 atom stereocenters. The first kappa shape index (κ1) is 49.5. The molecule has 15 nitrogen and oxygen atoms in total. The van der Waals surface area contributed by atoms with Crippen LogP contribution in [0.3, 0.4) is 0 Å². The molecule has 3 aromatic carbocycles. The van der Waals surface area contributed by atoms with E-state index in [1.807, 2.05) is 111 Å². The van der Waals surface area contributed by atoms with Gasteiger partial charge in [-0.1, -0.05) is 66.4 Å². The fraction of sp³-hybridized carbons (Fsp3) is 0.422. The van der Waals surface area contributed by atoms with E-state index >= 15 is 0 Å². The minimum atomic E-state index is -5.13. The number of carbonyl (C=O) groups is 1. The van der Waals surface area contributed by atoms with E-state index in [-0.39, 0.29) is 37.3 Å². The van der Waals surface area contributed by atoms with Crippen molar-refractivity contribution in [1.82, 2.24) is 19.5 Å². The van der Waals surface area contributed by atoms with E-state index in [2.05, 4.69) is 22.9 Å². The van der Waals surface area contributed by atoms with Crippen LogP contribution in [0.2, 0.25) is 0 Å². The van der Waals surface area contributed by atoms with E-state index in [1.165, 1.54) is 7.11 Å². The maximum Gasteiger partial charge on any atom is 0.471 e. The summed E-state index contributed by atoms with van der Waals surface area (Å²) in [5.74, 6) is 3.77. The number of alkyl halides is 3. The largest absolute Gasteiger partial charge is 0.497 e. The van der Waals surface area contributed by atoms with Crippen molar-refractivity contribution in [1.29, 1.82) is 5.26 Å². The van der Waals surface area contributed by atoms with Gasteiger partial charge in [-0.3, -0.25) is 19.1 Å². The Hall–Kier alpha value is -5.56. The zero-order valence-electron chi connectivity index (χ0n) is 36.4. The first-order chi connectivity index (χ1) is 30.6. The number of nitrogens with one attached hydrogen (secondary N) is 2. The lowest BCUT2D eigenvalue weighted by Crippen LogP contribution is -2.43. The highest BCUT2D eigenvalue weighted by Gasteiger charge is 2.51. The summed E-state index contributed by atoms with van der Waals surface area (Å²) in [5, 5.41) is 11.0. The second kappa shape index (κ2) is 22.4. The molecule has 19 heteroatoms. The quantitative estimate of drug-likeness (QED) is 0.0475. The highest BCUT2D eigenvalue weighted by molar-refractivity contribution is 7.44. The number of nitriles is 1. The number of methoxy groups -OCH3 is 3. The Balaban J connectivity index is 1.65. The number of hydrogen-bond donors (Lipinski definition) is 2. The minimum Gasteiger partial charge on any atom is -0.497 e. The van der Waals surface area contributed by atoms with Gasteiger partial charge in [0, 0.05) is 25.4 Å². The number of nitrogens with zero attached hydrogens (tertiary/aromatic N) is 3. The number of ether oxygens (including phenoxy) is 5. The monoisotopic (exact) mass is 909 g/mol. The fourth-order valence-corrected chi connectivity index (χ4v) is 9.02. The molecule has 5 rings (SSSR count). The molecule has 4 aromatic rings. The van der Waals surface area contributed by atoms with Gasteiger partial charge in [0.05, 0.1) is 46.5 Å². The molecule has 1 aliphatic heterocycles. The van der Waals surface area contributed by atoms with E-state index < -0.39 is 68.5 Å². The summed E-state index contributed by atoms with van der Waals surface area (Å²) in [7, 11) is 2.59. The number of benzene rings is 3. The van der Waals surface area contributed by atoms with E-state index in [9.17, 15) is 32.8 Å². The maximum absolute atomic E-state index is 13.6. The van der Waals surface area contributed by atoms with Gasteiger partial charge >= 0.3 is 17.8 Å². The molecule has 1 fully saturated rings. The number of H-pyrrole nitrogens is 1. The fourth-order valence-electron chi connectivity index (χ4n) is 7.25. The van der Waals surface area contributed by atoms with Crippen LogP contribution in [0.4, 0.5) is 13.2 Å². The molecule has 1 saturated heterocycles. The summed E-state index contributed by atoms with van der Waals surface area (Å²) in [5.41, 5.74) is -1.28. The molecule has 2 heterocycles. The van der Waals surface area contributed by atoms with Crippen LogP contribution in [0.1, 0.15) is 62.6 Å². The summed E-state index contributed by atoms with van der Waals surface area (Å²) in [4.78, 5) is 40.1. The van der Waals surface area contributed by atoms with Gasteiger partial charge < -0.3 is 38.0 Å². The van der Waals surface area contributed by atoms with E-state index in [1.54, 1.807) is 19.5 Å². The number of rotatable bonds is 19. The first-order valence-electron chi connectivity index (χ1n) is 20.2. The highest BCUT2D eigenvalue weighted by atomic mass is 31.2. The van der Waals surface area contributed by atoms with Crippen LogP contribution < -0.4 is 26.0 Å². The Morgan fingerprint density at radius 1 is 0.906 bits per heavy atom. The number of aromatic nitrogens is 2. The van der Waals surface area contributed by atoms with Crippen molar-refractivity contribution >= 4 is 14.4 Å². The molecule has 1 aliphatic rings. The number of hydrogen-bond acceptors (Lipinski definition) is 12. The molecule has 64 heavy (non-hydrogen) atoms. The lowest BCUT2D eigenvalue weighted by molar-refractivity contribution is -0.173. The molecule has 1 aromatic heterocycles. The zero-order valence-corrected chi connectivity index (χ0v) is 37.3. The van der Waals surface area contributed by atoms with Gasteiger partial charge in [0.25, 0.3) is 14.1 Å². The highest BCUT2D eigenvalue weighted by Crippen LogP contribution is 2.51. The standard InChI is InChI=1S/C45H51F3N5O10P/c1-29(2)53(30(3)4)64(61-26-12-24-49)63-38-37(62-41(39(38)59-7)52-27-31(40(54)51-43(52)56)13-11-25-50-42(55)45(46,47)48)28-60-44(32-14-9-8-10-15-32,33-16-20-35(57-5)21-17-33)34-18-22-36(58-6)23-19-34/h8-10,14-23,27,29-30,37-39,41H,12,25-26,28H2,1-7H3,(H,50,55)(H,51,54,56)/t37-,38-,39-,41-,64?/m1/s1. The third-order valence-electron chi connectivity index (χ3n) is 10.1. The molecular weight excluding hydrogens is 858 g/mol. The van der Waals surface area contributed by atoms with E-state index in [0.717, 1.165) is 27.5 Å². The Morgan fingerprint density at radius 3 is 2.00 bits per heavy atom. The van der Waals surface area contributed by atoms with Crippen LogP contribution in [0.5, 0.6) is 11.5 Å². The van der Waals surface area contributed by atoms with Crippen molar-refractivity contribution in [2.24, 2.45) is 0 Å². The second-order valence-electron chi connectivity index (χ2n) is 14.9. The van der Waals surface area contributed by atoms with Crippen molar-refractivity contribution < 1.29 is 50.7 Å². The Morgan fingerprint density at radius 2 is 1.48 bits per heavy atom. The lowest BCUT2D eigenvalue weighted by atomic mass is 9.80. The Labute approximate surface area is 370 Å². The lowest BCUT2D eigenvalue weighted by Gasteiger charge is -2.39. The summed E-state index contributed by atoms with van der Waals surface area (Å²) in [6.45, 7) is 7.00. The molecule has 1 amide bonds. The number of aromatic amines is 1. The van der Waals surface area contributed by atoms with Gasteiger partial charge in [0.15, 0.2) is 6.23 Å². The van der Waals surface area contributed by atoms with Crippen molar-refractivity contribution in [3.05, 3.63) is 128 Å². The molecular formula is C45H51F3N5O10P. The van der Waals surface area contributed by atoms with E-state index in [4.69, 9.17) is 32.7 Å². The zero-order chi connectivity index (χ0) is 46.6. The topological polar surface area (TPSA) is 176 Å². The predicted molar refractivity (Wildman–Crippen MR) is 230 cm³/mol. The molecule has 1 unspecified atom stereocenters. The van der Waals surface area contributed by atoms with Crippen LogP contribution in [-0.2, 0) is 33.7 Å². The number of carbonyl (C=O) groups excluding carboxylic acids is 1. The first-order valence-corrected chi connectivity index (χ1v) is 21.3. The van der Waals surface area contributed by atoms with Crippen molar-refractivity contribution in [3.63, 3.8) is 0 Å². The van der Waals surface area contributed by atoms with Gasteiger partial charge in [0.2, 0.25) is 0 Å². The van der Waals surface area contributed by atoms with Crippen LogP contribution in [0.15, 0.2) is 94.6 Å². The normalized spacial score (nSPS) is 18.1. The molecule has 0 saturated carbocycles. The molecule has 0 bridgehead atoms. The maximum atomic E-state index is 13.6. The summed E-state index contributed by atoms with van der Waals surface area (Å²) in [6.07, 6.45) is -8.44. The second-order valence-corrected chi connectivity index (χ2v) is 16.3. The van der Waals surface area contributed by atoms with Crippen LogP contribution in [-0.4, -0.2) is 97.8 Å². The SMILES string of the molecule is COc1ccc(C(OC[C@H]2O[C@@H](n3cc(C#CCNC(=O)C(F)(F)F)c(=O)[nH]c3=O)[C@H](OC)[C@@H]2OP(OCCC#N)N(C(C)C)C(C)C)(c2ccccc2)c2ccc(OC)cc2)cc1. The van der Waals surface area contributed by atoms with Gasteiger partial charge in [-0.05, 0) is 68.7 Å². The molecule has 2 N–H and O–H groups in total. The van der Waals surface area contributed by atoms with Gasteiger partial charge in [-0.25, -0.2) is 9.46 Å². The third-order valence-corrected chi connectivity index (χ3v) is 12.3. The molecule has 0 radical (unpaired) electrons. The average molecular weight is 910 g/mol. The van der Waals surface area contributed by atoms with Crippen LogP contribution in [0, 0.1) is 23.2 Å². The summed E-state index contributed by atoms with van der Waals surface area (Å²) in [6, 6.07) is 26.3. The van der Waals surface area contributed by atoms with Crippen molar-refractivity contribution in [2.45, 2.75) is 82.5 Å². The number of halogens is 3. The smallest absolute Gasteiger partial charge is 0.471 e. The summed E-state index contributed by atoms with van der Waals surface area (Å²) < 4.78 is 85.6. The predicted octanol–water partition coefficient (Wildman–Crippen LogP) is 6.17. The molecule has 342 valence electrons. The number of amides is 1. The van der Waals surface area contributed by atoms with Crippen LogP contribution >= 0.6 is 8.53 Å².